The van der Waals surface area contributed by atoms with Gasteiger partial charge in [0.1, 0.15) is 18.7 Å². The van der Waals surface area contributed by atoms with Crippen molar-refractivity contribution in [2.75, 3.05) is 27.1 Å². The van der Waals surface area contributed by atoms with Crippen molar-refractivity contribution < 1.29 is 37.0 Å². The van der Waals surface area contributed by atoms with Crippen LogP contribution in [0.5, 0.6) is 0 Å². The fourth-order valence-corrected chi connectivity index (χ4v) is 9.82. The minimum absolute atomic E-state index is 0.0111. The van der Waals surface area contributed by atoms with Gasteiger partial charge in [-0.2, -0.15) is 0 Å². The van der Waals surface area contributed by atoms with E-state index >= 15 is 0 Å². The highest BCUT2D eigenvalue weighted by Crippen LogP contribution is 2.43. The molecule has 1 heterocycles. The summed E-state index contributed by atoms with van der Waals surface area (Å²) in [6.07, 6.45) is 1.05. The third kappa shape index (κ3) is 14.4. The summed E-state index contributed by atoms with van der Waals surface area (Å²) in [6, 6.07) is 0. The van der Waals surface area contributed by atoms with Crippen LogP contribution in [0.15, 0.2) is 12.2 Å². The van der Waals surface area contributed by atoms with Crippen molar-refractivity contribution in [3.8, 4) is 0 Å². The fourth-order valence-electron chi connectivity index (χ4n) is 5.82. The number of ether oxygens (including phenoxy) is 4. The van der Waals surface area contributed by atoms with E-state index in [4.69, 9.17) is 32.2 Å². The maximum Gasteiger partial charge on any atom is 0.194 e. The van der Waals surface area contributed by atoms with Crippen molar-refractivity contribution in [2.24, 2.45) is 11.8 Å². The van der Waals surface area contributed by atoms with Crippen LogP contribution < -0.4 is 0 Å². The standard InChI is InChI=1S/C40H82O8Si3/c1-29(2)35(48-51(20,21)39(11,12)13)33(46-49(16,17)37(5,6)7)26-30(3)24-32(41)25-31(4)27-34(47-50(18,19)38(8,9)10)36(43-28-42-15)40(14)44-22-23-45-40/h30-31,33-36H,1,22-28H2,2-21H3/t30-,31+,33+,34+,35+,36-/m1/s1. The Morgan fingerprint density at radius 2 is 1.10 bits per heavy atom. The Balaban J connectivity index is 3.29. The topological polar surface area (TPSA) is 81.7 Å². The molecule has 302 valence electrons. The summed E-state index contributed by atoms with van der Waals surface area (Å²) in [5.41, 5.74) is 0.984. The molecule has 1 aliphatic heterocycles. The van der Waals surface area contributed by atoms with Gasteiger partial charge in [0.2, 0.25) is 0 Å². The summed E-state index contributed by atoms with van der Waals surface area (Å²) in [5.74, 6) is -0.545. The van der Waals surface area contributed by atoms with Gasteiger partial charge in [0.05, 0.1) is 31.5 Å². The molecule has 0 spiro atoms. The molecule has 1 rings (SSSR count). The molecule has 1 fully saturated rings. The van der Waals surface area contributed by atoms with Gasteiger partial charge in [0.25, 0.3) is 0 Å². The lowest BCUT2D eigenvalue weighted by Crippen LogP contribution is -2.55. The lowest BCUT2D eigenvalue weighted by Gasteiger charge is -2.46. The Morgan fingerprint density at radius 3 is 1.47 bits per heavy atom. The molecule has 6 atom stereocenters. The molecular formula is C40H82O8Si3. The number of methoxy groups -OCH3 is 1. The van der Waals surface area contributed by atoms with Crippen LogP contribution in [-0.2, 0) is 37.0 Å². The van der Waals surface area contributed by atoms with E-state index in [1.807, 2.05) is 6.92 Å². The number of carbonyl (C=O) groups is 1. The van der Waals surface area contributed by atoms with Crippen LogP contribution in [0.25, 0.3) is 0 Å². The van der Waals surface area contributed by atoms with Crippen molar-refractivity contribution >= 4 is 30.7 Å². The summed E-state index contributed by atoms with van der Waals surface area (Å²) in [7, 11) is -4.92. The van der Waals surface area contributed by atoms with Crippen LogP contribution in [0.4, 0.5) is 0 Å². The van der Waals surface area contributed by atoms with E-state index in [0.717, 1.165) is 12.0 Å². The maximum absolute atomic E-state index is 13.8. The van der Waals surface area contributed by atoms with E-state index in [2.05, 4.69) is 129 Å². The van der Waals surface area contributed by atoms with Gasteiger partial charge in [-0.05, 0) is 92.9 Å². The van der Waals surface area contributed by atoms with E-state index in [0.29, 0.717) is 32.5 Å². The maximum atomic E-state index is 13.8. The minimum Gasteiger partial charge on any atom is -0.411 e. The van der Waals surface area contributed by atoms with Gasteiger partial charge in [0, 0.05) is 20.0 Å². The Kier molecular flexibility index (Phi) is 17.8. The Morgan fingerprint density at radius 1 is 0.725 bits per heavy atom. The number of hydrogen-bond acceptors (Lipinski definition) is 8. The smallest absolute Gasteiger partial charge is 0.194 e. The zero-order valence-corrected chi connectivity index (χ0v) is 39.9. The van der Waals surface area contributed by atoms with Crippen LogP contribution in [0.1, 0.15) is 116 Å². The van der Waals surface area contributed by atoms with E-state index in [1.165, 1.54) is 0 Å². The monoisotopic (exact) mass is 775 g/mol. The Hall–Kier alpha value is -0.219. The quantitative estimate of drug-likeness (QED) is 0.0648. The molecule has 0 radical (unpaired) electrons. The third-order valence-electron chi connectivity index (χ3n) is 12.1. The lowest BCUT2D eigenvalue weighted by molar-refractivity contribution is -0.262. The van der Waals surface area contributed by atoms with Crippen molar-refractivity contribution in [1.29, 1.82) is 0 Å². The molecule has 0 bridgehead atoms. The number of ketones is 1. The van der Waals surface area contributed by atoms with Crippen LogP contribution in [0.2, 0.25) is 54.4 Å². The molecule has 0 aromatic heterocycles. The van der Waals surface area contributed by atoms with Crippen LogP contribution in [0.3, 0.4) is 0 Å². The summed E-state index contributed by atoms with van der Waals surface area (Å²) in [6.45, 7) is 47.8. The molecule has 0 N–H and O–H groups in total. The van der Waals surface area contributed by atoms with E-state index in [-0.39, 0.29) is 57.8 Å². The molecule has 0 aromatic carbocycles. The third-order valence-corrected chi connectivity index (χ3v) is 25.5. The number of rotatable bonds is 21. The molecular weight excluding hydrogens is 693 g/mol. The predicted octanol–water partition coefficient (Wildman–Crippen LogP) is 10.9. The molecule has 8 nitrogen and oxygen atoms in total. The normalized spacial score (nSPS) is 20.1. The largest absolute Gasteiger partial charge is 0.411 e. The summed E-state index contributed by atoms with van der Waals surface area (Å²) in [5, 5.41) is 0.0752. The van der Waals surface area contributed by atoms with Gasteiger partial charge in [0.15, 0.2) is 30.7 Å². The summed E-state index contributed by atoms with van der Waals surface area (Å²) >= 11 is 0. The second kappa shape index (κ2) is 18.6. The second-order valence-electron chi connectivity index (χ2n) is 20.3. The van der Waals surface area contributed by atoms with Crippen molar-refractivity contribution in [1.82, 2.24) is 0 Å². The Bertz CT molecular complexity index is 1100. The predicted molar refractivity (Wildman–Crippen MR) is 220 cm³/mol. The van der Waals surface area contributed by atoms with Gasteiger partial charge >= 0.3 is 0 Å². The highest BCUT2D eigenvalue weighted by Gasteiger charge is 2.50. The van der Waals surface area contributed by atoms with Crippen LogP contribution >= 0.6 is 0 Å². The molecule has 0 unspecified atom stereocenters. The number of carbonyl (C=O) groups excluding carboxylic acids is 1. The fraction of sp³-hybridized carbons (Fsp3) is 0.925. The molecule has 0 aromatic rings. The molecule has 11 heteroatoms. The Labute approximate surface area is 318 Å². The lowest BCUT2D eigenvalue weighted by atomic mass is 9.88. The number of hydrogen-bond donors (Lipinski definition) is 0. The molecule has 1 saturated heterocycles. The molecule has 1 aliphatic rings. The van der Waals surface area contributed by atoms with E-state index in [1.54, 1.807) is 7.11 Å². The van der Waals surface area contributed by atoms with E-state index in [9.17, 15) is 4.79 Å². The summed E-state index contributed by atoms with van der Waals surface area (Å²) in [4.78, 5) is 13.8. The van der Waals surface area contributed by atoms with Crippen molar-refractivity contribution in [3.63, 3.8) is 0 Å². The van der Waals surface area contributed by atoms with Gasteiger partial charge < -0.3 is 32.2 Å². The van der Waals surface area contributed by atoms with Crippen LogP contribution in [0, 0.1) is 11.8 Å². The van der Waals surface area contributed by atoms with Gasteiger partial charge in [-0.15, -0.1) is 0 Å². The average Bonchev–Trinajstić information content (AvgIpc) is 3.35. The second-order valence-corrected chi connectivity index (χ2v) is 34.6. The highest BCUT2D eigenvalue weighted by atomic mass is 28.4. The van der Waals surface area contributed by atoms with E-state index < -0.39 is 36.8 Å². The first kappa shape index (κ1) is 48.8. The van der Waals surface area contributed by atoms with Gasteiger partial charge in [-0.25, -0.2) is 0 Å². The SMILES string of the molecule is C=C(C)[C@H](O[Si](C)(C)C(C)(C)C)[C@H](C[C@H](C)CC(=O)C[C@H](C)C[C@H](O[Si](C)(C)C(C)(C)C)[C@@H](OCOC)C1(C)OCCO1)O[Si](C)(C)C(C)(C)C. The summed E-state index contributed by atoms with van der Waals surface area (Å²) < 4.78 is 45.2. The highest BCUT2D eigenvalue weighted by molar-refractivity contribution is 6.75. The zero-order chi connectivity index (χ0) is 40.0. The number of Topliss-reactive ketones (excluding diaryl/α,β-unsaturated/α-hetero) is 1. The van der Waals surface area contributed by atoms with Crippen LogP contribution in [-0.4, -0.2) is 88.1 Å². The average molecular weight is 775 g/mol. The molecule has 0 saturated carbocycles. The first-order valence-corrected chi connectivity index (χ1v) is 28.1. The van der Waals surface area contributed by atoms with Gasteiger partial charge in [-0.1, -0.05) is 88.3 Å². The first-order chi connectivity index (χ1) is 22.8. The molecule has 0 amide bonds. The minimum atomic E-state index is -2.23. The van der Waals surface area contributed by atoms with Crippen molar-refractivity contribution in [3.05, 3.63) is 12.2 Å². The molecule has 0 aliphatic carbocycles. The molecule has 51 heavy (non-hydrogen) atoms. The van der Waals surface area contributed by atoms with Crippen molar-refractivity contribution in [2.45, 2.75) is 200 Å². The zero-order valence-electron chi connectivity index (χ0n) is 36.9. The van der Waals surface area contributed by atoms with Gasteiger partial charge in [-0.3, -0.25) is 4.79 Å². The first-order valence-electron chi connectivity index (χ1n) is 19.4.